The van der Waals surface area contributed by atoms with E-state index in [0.29, 0.717) is 0 Å². The number of aliphatic hydroxyl groups is 30. The molecule has 64 heteroatoms. The molecular weight excluding hydrogens is 1970 g/mol. The number of hydrogen-bond donors (Lipinski definition) is 36. The van der Waals surface area contributed by atoms with Crippen LogP contribution in [0, 0.1) is 0 Å². The number of carbonyl (C=O) groups is 6. The van der Waals surface area contributed by atoms with Gasteiger partial charge in [-0.3, -0.25) is 28.8 Å². The highest BCUT2D eigenvalue weighted by Gasteiger charge is 2.63. The molecule has 11 aliphatic rings. The molecule has 0 aromatic carbocycles. The van der Waals surface area contributed by atoms with Crippen LogP contribution >= 0.6 is 0 Å². The van der Waals surface area contributed by atoms with Gasteiger partial charge in [0.2, 0.25) is 35.9 Å². The highest BCUT2D eigenvalue weighted by atomic mass is 16.8. The van der Waals surface area contributed by atoms with E-state index < -0.39 is 459 Å². The number of aliphatic hydroxyl groups excluding tert-OH is 30. The molecule has 0 spiro atoms. The van der Waals surface area contributed by atoms with Crippen molar-refractivity contribution in [2.45, 2.75) is 378 Å². The Morgan fingerprint density at radius 3 is 0.750 bits per heavy atom. The minimum atomic E-state index is -2.65. The minimum Gasteiger partial charge on any atom is -0.394 e. The molecule has 36 N–H and O–H groups in total. The van der Waals surface area contributed by atoms with Crippen molar-refractivity contribution in [3.05, 3.63) is 0 Å². The van der Waals surface area contributed by atoms with Crippen molar-refractivity contribution in [3.63, 3.8) is 0 Å². The van der Waals surface area contributed by atoms with Gasteiger partial charge >= 0.3 is 0 Å². The maximum Gasteiger partial charge on any atom is 0.217 e. The second kappa shape index (κ2) is 53.3. The number of nitrogens with one attached hydrogen (secondary N) is 6. The zero-order valence-electron chi connectivity index (χ0n) is 77.4. The van der Waals surface area contributed by atoms with Crippen molar-refractivity contribution >= 4 is 35.9 Å². The van der Waals surface area contributed by atoms with Crippen molar-refractivity contribution in [2.24, 2.45) is 0 Å². The van der Waals surface area contributed by atoms with Crippen LogP contribution in [-0.4, -0.2) is 619 Å². The molecule has 832 valence electrons. The lowest BCUT2D eigenvalue weighted by atomic mass is 9.93. The molecule has 56 atom stereocenters. The molecule has 0 bridgehead atoms. The molecule has 11 heterocycles. The first-order chi connectivity index (χ1) is 68.3. The quantitative estimate of drug-likeness (QED) is 0.0252. The van der Waals surface area contributed by atoms with Crippen LogP contribution in [0.4, 0.5) is 0 Å². The second-order valence-electron chi connectivity index (χ2n) is 36.0. The maximum atomic E-state index is 13.6. The SMILES string of the molecule is CC(=O)N[C@H]1[C@H](OC[C@H]2O[C@@H](O[C@H]3[C@H](O)[C@@H](NC(C)=O)[C@H](O[C@H]4[C@@H](O)[C@@H](CO)O[C@@H](O[C@H]5[C@H](O)[C@@H](O)[C@H](OC[C@@H](CO)NC=O)O[C@@H]5CO)[C@@H]4O)O[C@@H]3CO)[C@H](O)[C@@H](O[C@@H]3O[C@H](CO)[C@@H](O[C@@H]4O[C@H](CO[C@@H]5O[C@H](CO)[C@@H](O)[C@H](O)[C@H]5NC(C)=O)[C@H](O)[C@H](O[C@@H]5O[C@H](CO)[C@@H](O)[C@H](O)[C@H]5NC(C)=O)[C@H]4O)[C@H](O)[C@H]3NC(C)=O)[C@H]2O)O[C@H](CO)[C@@H](O[C@@H]2O[C@H](CO)[C@H](O)[C@H](O[C@H]3O[C@H](CO)[C@H](O)[C@H](O)[C@H]3O)[C@H]2O)[C@@H]1O. The standard InChI is InChI=1S/C80H134N6O58/c1-20(98)82-37-49(110)42(103)26(7-88)126-70(37)124-17-35-47(108)68(142-72-38(83-21(2)99)50(111)43(104)27(8-89)127-72)60(121)79(135-35)138-64-33(14-95)133-74(41(53(64)114)86-24(5)102)143-69-48(109)36(18-125-71-39(84-22(3)100)51(112)62(31(12-93)131-71)137-77-59(120)67(46(107)30(11-92)129-77)144-76-56(117)54(115)44(105)28(9-90)128-76)136-80(61(69)122)139-63-32(13-94)132-73(40(52(63)113)85-23(4)101)141-66-45(106)29(10-91)130-78(58(66)119)140-65-34(15-96)134-75(57(118)55(65)116)123-16-25(6-87)81-19-97/h19,25-80,87-96,103-122H,6-18H2,1-5H3,(H,81,97)(H,82,98)(H,83,99)(H,84,100)(H,85,101)(H,86,102)/t25-,26-,27-,28-,29-,30-,31-,32-,33-,34-,35-,36-,37-,38-,39-,40-,41-,42-,43-,44+,45+,46+,47+,48+,49-,50-,51-,52-,53-,54+,55-,56-,57-,58-,59-,60-,61-,62-,63-,64-,65-,66+,67+,68+,69+,70-,71-,72+,73+,74+,75-,76-,77+,78+,79+,80+/m1/s1. The van der Waals surface area contributed by atoms with Crippen molar-refractivity contribution in [3.8, 4) is 0 Å². The first kappa shape index (κ1) is 119. The van der Waals surface area contributed by atoms with Gasteiger partial charge < -0.3 is 289 Å². The lowest BCUT2D eigenvalue weighted by Crippen LogP contribution is -2.71. The van der Waals surface area contributed by atoms with Crippen molar-refractivity contribution in [1.82, 2.24) is 31.9 Å². The molecule has 11 rings (SSSR count). The Balaban J connectivity index is 0.903. The van der Waals surface area contributed by atoms with E-state index in [1.807, 2.05) is 0 Å². The summed E-state index contributed by atoms with van der Waals surface area (Å²) < 4.78 is 131. The molecule has 6 amide bonds. The average Bonchev–Trinajstić information content (AvgIpc) is 0.763. The van der Waals surface area contributed by atoms with E-state index in [9.17, 15) is 182 Å². The van der Waals surface area contributed by atoms with Gasteiger partial charge in [0.1, 0.15) is 268 Å². The van der Waals surface area contributed by atoms with Crippen LogP contribution in [0.2, 0.25) is 0 Å². The Bertz CT molecular complexity index is 3980. The Labute approximate surface area is 815 Å². The van der Waals surface area contributed by atoms with E-state index in [1.165, 1.54) is 0 Å². The zero-order chi connectivity index (χ0) is 106. The van der Waals surface area contributed by atoms with Crippen molar-refractivity contribution in [1.29, 1.82) is 0 Å². The summed E-state index contributed by atoms with van der Waals surface area (Å²) in [5, 5.41) is 352. The molecule has 11 saturated heterocycles. The highest BCUT2D eigenvalue weighted by Crippen LogP contribution is 2.42. The first-order valence-electron chi connectivity index (χ1n) is 45.9. The third-order valence-corrected chi connectivity index (χ3v) is 25.9. The summed E-state index contributed by atoms with van der Waals surface area (Å²) in [6.07, 6.45) is -106. The van der Waals surface area contributed by atoms with Crippen LogP contribution in [0.5, 0.6) is 0 Å². The summed E-state index contributed by atoms with van der Waals surface area (Å²) in [6, 6.07) is -10.8. The summed E-state index contributed by atoms with van der Waals surface area (Å²) >= 11 is 0. The number of amides is 6. The Hall–Kier alpha value is -5.26. The third-order valence-electron chi connectivity index (χ3n) is 25.9. The third kappa shape index (κ3) is 27.1. The number of rotatable bonds is 42. The second-order valence-corrected chi connectivity index (χ2v) is 36.0. The monoisotopic (exact) mass is 2110 g/mol. The molecule has 11 fully saturated rings. The maximum absolute atomic E-state index is 13.6. The van der Waals surface area contributed by atoms with Gasteiger partial charge in [-0.1, -0.05) is 0 Å². The van der Waals surface area contributed by atoms with Gasteiger partial charge in [-0.05, 0) is 0 Å². The number of carbonyl (C=O) groups excluding carboxylic acids is 6. The number of ether oxygens (including phenoxy) is 22. The molecule has 144 heavy (non-hydrogen) atoms. The summed E-state index contributed by atoms with van der Waals surface area (Å²) in [6.45, 7) is -9.01. The van der Waals surface area contributed by atoms with Crippen LogP contribution in [0.15, 0.2) is 0 Å². The van der Waals surface area contributed by atoms with Gasteiger partial charge in [0, 0.05) is 34.6 Å². The Kier molecular flexibility index (Phi) is 44.1. The predicted molar refractivity (Wildman–Crippen MR) is 444 cm³/mol. The summed E-state index contributed by atoms with van der Waals surface area (Å²) in [7, 11) is 0. The van der Waals surface area contributed by atoms with Gasteiger partial charge in [-0.15, -0.1) is 0 Å². The molecule has 0 unspecified atom stereocenters. The van der Waals surface area contributed by atoms with Gasteiger partial charge in [-0.25, -0.2) is 0 Å². The number of hydrogen-bond acceptors (Lipinski definition) is 58. The smallest absolute Gasteiger partial charge is 0.217 e. The molecule has 0 aromatic rings. The van der Waals surface area contributed by atoms with Crippen LogP contribution in [0.3, 0.4) is 0 Å². The van der Waals surface area contributed by atoms with Crippen molar-refractivity contribution < 1.29 is 286 Å². The van der Waals surface area contributed by atoms with Crippen LogP contribution in [0.25, 0.3) is 0 Å². The van der Waals surface area contributed by atoms with E-state index in [1.54, 1.807) is 0 Å². The molecule has 0 aromatic heterocycles. The minimum absolute atomic E-state index is 0.228. The van der Waals surface area contributed by atoms with Crippen LogP contribution in [0.1, 0.15) is 34.6 Å². The van der Waals surface area contributed by atoms with Crippen LogP contribution < -0.4 is 31.9 Å². The van der Waals surface area contributed by atoms with E-state index >= 15 is 0 Å². The molecule has 11 aliphatic heterocycles. The van der Waals surface area contributed by atoms with Crippen LogP contribution in [-0.2, 0) is 133 Å². The Morgan fingerprint density at radius 1 is 0.229 bits per heavy atom. The molecule has 0 saturated carbocycles. The fourth-order valence-electron chi connectivity index (χ4n) is 18.3. The fraction of sp³-hybridized carbons (Fsp3) is 0.925. The van der Waals surface area contributed by atoms with E-state index in [0.717, 1.165) is 34.6 Å². The summed E-state index contributed by atoms with van der Waals surface area (Å²) in [5.41, 5.74) is 0. The normalized spacial score (nSPS) is 47.3. The summed E-state index contributed by atoms with van der Waals surface area (Å²) in [5.74, 6) is -4.86. The molecule has 0 aliphatic carbocycles. The van der Waals surface area contributed by atoms with Gasteiger partial charge in [0.15, 0.2) is 69.2 Å². The fourth-order valence-corrected chi connectivity index (χ4v) is 18.3. The Morgan fingerprint density at radius 2 is 0.444 bits per heavy atom. The highest BCUT2D eigenvalue weighted by molar-refractivity contribution is 5.75. The van der Waals surface area contributed by atoms with E-state index in [4.69, 9.17) is 104 Å². The van der Waals surface area contributed by atoms with Gasteiger partial charge in [0.05, 0.1) is 91.9 Å². The van der Waals surface area contributed by atoms with Gasteiger partial charge in [0.25, 0.3) is 0 Å². The van der Waals surface area contributed by atoms with Gasteiger partial charge in [-0.2, -0.15) is 0 Å². The summed E-state index contributed by atoms with van der Waals surface area (Å²) in [4.78, 5) is 76.3. The largest absolute Gasteiger partial charge is 0.394 e. The van der Waals surface area contributed by atoms with E-state index in [-0.39, 0.29) is 6.41 Å². The lowest BCUT2D eigenvalue weighted by Gasteiger charge is -2.51. The predicted octanol–water partition coefficient (Wildman–Crippen LogP) is -25.1. The molecular formula is C80H134N6O58. The lowest BCUT2D eigenvalue weighted by molar-refractivity contribution is -0.392. The topological polar surface area (TPSA) is 985 Å². The molecule has 64 nitrogen and oxygen atoms in total. The first-order valence-corrected chi connectivity index (χ1v) is 45.9. The zero-order valence-corrected chi connectivity index (χ0v) is 77.4. The average molecular weight is 2110 g/mol. The van der Waals surface area contributed by atoms with Crippen molar-refractivity contribution in [2.75, 3.05) is 85.9 Å². The molecule has 0 radical (unpaired) electrons. The van der Waals surface area contributed by atoms with E-state index in [2.05, 4.69) is 31.9 Å².